The Hall–Kier alpha value is -3.41. The van der Waals surface area contributed by atoms with Crippen molar-refractivity contribution in [2.75, 3.05) is 0 Å². The first kappa shape index (κ1) is 16.1. The second-order valence-corrected chi connectivity index (χ2v) is 5.84. The van der Waals surface area contributed by atoms with E-state index in [1.807, 2.05) is 30.3 Å². The zero-order valence-corrected chi connectivity index (χ0v) is 13.6. The maximum atomic E-state index is 13.5. The summed E-state index contributed by atoms with van der Waals surface area (Å²) >= 11 is 0. The molecule has 0 aliphatic heterocycles. The van der Waals surface area contributed by atoms with Gasteiger partial charge in [0.25, 0.3) is 5.56 Å². The van der Waals surface area contributed by atoms with Crippen LogP contribution in [0.1, 0.15) is 5.56 Å². The van der Waals surface area contributed by atoms with Crippen LogP contribution in [0.25, 0.3) is 22.2 Å². The molecule has 0 amide bonds. The highest BCUT2D eigenvalue weighted by atomic mass is 19.2. The minimum Gasteiger partial charge on any atom is -0.268 e. The maximum Gasteiger partial charge on any atom is 0.267 e. The lowest BCUT2D eigenvalue weighted by molar-refractivity contribution is 0.509. The smallest absolute Gasteiger partial charge is 0.267 e. The molecular formula is C20H13F2N3O. The van der Waals surface area contributed by atoms with E-state index in [-0.39, 0.29) is 12.1 Å². The SMILES string of the molecule is O=c1ccc(-c2ccc(F)c(F)c2)nn1Cc1cccc2cccnc12. The Kier molecular flexibility index (Phi) is 4.01. The largest absolute Gasteiger partial charge is 0.268 e. The molecule has 26 heavy (non-hydrogen) atoms. The number of halogens is 2. The summed E-state index contributed by atoms with van der Waals surface area (Å²) < 4.78 is 27.9. The van der Waals surface area contributed by atoms with Crippen molar-refractivity contribution < 1.29 is 8.78 Å². The molecule has 4 aromatic rings. The van der Waals surface area contributed by atoms with Gasteiger partial charge < -0.3 is 0 Å². The number of aromatic nitrogens is 3. The van der Waals surface area contributed by atoms with Crippen LogP contribution in [-0.2, 0) is 6.54 Å². The molecule has 0 radical (unpaired) electrons. The average molecular weight is 349 g/mol. The normalized spacial score (nSPS) is 11.0. The van der Waals surface area contributed by atoms with Gasteiger partial charge in [0, 0.05) is 23.2 Å². The molecule has 0 saturated carbocycles. The first-order valence-electron chi connectivity index (χ1n) is 7.98. The van der Waals surface area contributed by atoms with Crippen molar-refractivity contribution in [3.8, 4) is 11.3 Å². The molecule has 0 aliphatic carbocycles. The number of fused-ring (bicyclic) bond motifs is 1. The number of hydrogen-bond donors (Lipinski definition) is 0. The van der Waals surface area contributed by atoms with Gasteiger partial charge in [0.2, 0.25) is 0 Å². The van der Waals surface area contributed by atoms with E-state index < -0.39 is 11.6 Å². The summed E-state index contributed by atoms with van der Waals surface area (Å²) in [7, 11) is 0. The van der Waals surface area contributed by atoms with Gasteiger partial charge in [-0.25, -0.2) is 13.5 Å². The third-order valence-electron chi connectivity index (χ3n) is 4.12. The van der Waals surface area contributed by atoms with Gasteiger partial charge in [0.15, 0.2) is 11.6 Å². The van der Waals surface area contributed by atoms with Gasteiger partial charge in [-0.1, -0.05) is 24.3 Å². The highest BCUT2D eigenvalue weighted by Crippen LogP contribution is 2.20. The summed E-state index contributed by atoms with van der Waals surface area (Å²) in [4.78, 5) is 16.6. The Bertz CT molecular complexity index is 1170. The summed E-state index contributed by atoms with van der Waals surface area (Å²) in [5, 5.41) is 5.27. The van der Waals surface area contributed by atoms with Crippen LogP contribution < -0.4 is 5.56 Å². The van der Waals surface area contributed by atoms with Crippen LogP contribution >= 0.6 is 0 Å². The Labute approximate surface area is 147 Å². The second-order valence-electron chi connectivity index (χ2n) is 5.84. The molecule has 2 aromatic heterocycles. The fraction of sp³-hybridized carbons (Fsp3) is 0.0500. The minimum atomic E-state index is -0.958. The van der Waals surface area contributed by atoms with E-state index in [0.717, 1.165) is 28.6 Å². The first-order valence-corrected chi connectivity index (χ1v) is 7.98. The monoisotopic (exact) mass is 349 g/mol. The van der Waals surface area contributed by atoms with E-state index >= 15 is 0 Å². The number of benzene rings is 2. The van der Waals surface area contributed by atoms with Gasteiger partial charge in [0.05, 0.1) is 17.8 Å². The predicted molar refractivity (Wildman–Crippen MR) is 94.7 cm³/mol. The number of rotatable bonds is 3. The van der Waals surface area contributed by atoms with Gasteiger partial charge in [0.1, 0.15) is 0 Å². The molecule has 0 N–H and O–H groups in total. The Balaban J connectivity index is 1.77. The molecule has 6 heteroatoms. The van der Waals surface area contributed by atoms with Crippen molar-refractivity contribution in [1.82, 2.24) is 14.8 Å². The van der Waals surface area contributed by atoms with Gasteiger partial charge in [-0.15, -0.1) is 0 Å². The van der Waals surface area contributed by atoms with E-state index in [9.17, 15) is 13.6 Å². The van der Waals surface area contributed by atoms with Crippen molar-refractivity contribution in [2.45, 2.75) is 6.54 Å². The molecule has 0 unspecified atom stereocenters. The molecule has 0 fully saturated rings. The molecule has 2 heterocycles. The van der Waals surface area contributed by atoms with Crippen LogP contribution in [-0.4, -0.2) is 14.8 Å². The van der Waals surface area contributed by atoms with Gasteiger partial charge in [-0.3, -0.25) is 9.78 Å². The van der Waals surface area contributed by atoms with E-state index in [1.165, 1.54) is 22.9 Å². The molecular weight excluding hydrogens is 336 g/mol. The number of hydrogen-bond acceptors (Lipinski definition) is 3. The van der Waals surface area contributed by atoms with Crippen LogP contribution in [0.5, 0.6) is 0 Å². The third-order valence-corrected chi connectivity index (χ3v) is 4.12. The van der Waals surface area contributed by atoms with Crippen molar-refractivity contribution in [3.05, 3.63) is 94.4 Å². The third kappa shape index (κ3) is 2.97. The lowest BCUT2D eigenvalue weighted by Crippen LogP contribution is -2.23. The number of pyridine rings is 1. The lowest BCUT2D eigenvalue weighted by atomic mass is 10.1. The van der Waals surface area contributed by atoms with Crippen molar-refractivity contribution in [2.24, 2.45) is 0 Å². The average Bonchev–Trinajstić information content (AvgIpc) is 2.66. The van der Waals surface area contributed by atoms with Crippen LogP contribution in [0.15, 0.2) is 71.7 Å². The van der Waals surface area contributed by atoms with Crippen LogP contribution in [0, 0.1) is 11.6 Å². The molecule has 0 atom stereocenters. The van der Waals surface area contributed by atoms with Crippen molar-refractivity contribution in [1.29, 1.82) is 0 Å². The molecule has 128 valence electrons. The van der Waals surface area contributed by atoms with E-state index in [4.69, 9.17) is 0 Å². The predicted octanol–water partition coefficient (Wildman–Crippen LogP) is 3.79. The van der Waals surface area contributed by atoms with Crippen LogP contribution in [0.2, 0.25) is 0 Å². The van der Waals surface area contributed by atoms with Crippen LogP contribution in [0.4, 0.5) is 8.78 Å². The highest BCUT2D eigenvalue weighted by Gasteiger charge is 2.09. The minimum absolute atomic E-state index is 0.227. The Morgan fingerprint density at radius 3 is 2.62 bits per heavy atom. The molecule has 2 aromatic carbocycles. The molecule has 4 rings (SSSR count). The van der Waals surface area contributed by atoms with Crippen molar-refractivity contribution >= 4 is 10.9 Å². The summed E-state index contributed by atoms with van der Waals surface area (Å²) in [5.74, 6) is -1.88. The maximum absolute atomic E-state index is 13.5. The zero-order chi connectivity index (χ0) is 18.1. The molecule has 0 aliphatic rings. The van der Waals surface area contributed by atoms with Crippen LogP contribution in [0.3, 0.4) is 0 Å². The fourth-order valence-corrected chi connectivity index (χ4v) is 2.83. The molecule has 0 bridgehead atoms. The number of para-hydroxylation sites is 1. The van der Waals surface area contributed by atoms with E-state index in [1.54, 1.807) is 6.20 Å². The Morgan fingerprint density at radius 2 is 1.77 bits per heavy atom. The van der Waals surface area contributed by atoms with Crippen molar-refractivity contribution in [3.63, 3.8) is 0 Å². The summed E-state index contributed by atoms with van der Waals surface area (Å²) in [5.41, 5.74) is 2.14. The summed E-state index contributed by atoms with van der Waals surface area (Å²) in [6, 6.07) is 15.9. The summed E-state index contributed by atoms with van der Waals surface area (Å²) in [6.45, 7) is 0.227. The highest BCUT2D eigenvalue weighted by molar-refractivity contribution is 5.81. The zero-order valence-electron chi connectivity index (χ0n) is 13.6. The summed E-state index contributed by atoms with van der Waals surface area (Å²) in [6.07, 6.45) is 1.69. The van der Waals surface area contributed by atoms with E-state index in [0.29, 0.717) is 11.3 Å². The quantitative estimate of drug-likeness (QED) is 0.565. The number of nitrogens with zero attached hydrogens (tertiary/aromatic N) is 3. The fourth-order valence-electron chi connectivity index (χ4n) is 2.83. The molecule has 4 nitrogen and oxygen atoms in total. The lowest BCUT2D eigenvalue weighted by Gasteiger charge is -2.09. The molecule has 0 saturated heterocycles. The Morgan fingerprint density at radius 1 is 0.923 bits per heavy atom. The topological polar surface area (TPSA) is 47.8 Å². The standard InChI is InChI=1S/C20H13F2N3O/c21-16-7-6-14(11-17(16)22)18-8-9-19(26)25(24-18)12-15-4-1-3-13-5-2-10-23-20(13)15/h1-11H,12H2. The van der Waals surface area contributed by atoms with Gasteiger partial charge in [-0.05, 0) is 35.9 Å². The van der Waals surface area contributed by atoms with Gasteiger partial charge >= 0.3 is 0 Å². The first-order chi connectivity index (χ1) is 12.6. The van der Waals surface area contributed by atoms with Gasteiger partial charge in [-0.2, -0.15) is 5.10 Å². The molecule has 0 spiro atoms. The van der Waals surface area contributed by atoms with E-state index in [2.05, 4.69) is 10.1 Å². The second kappa shape index (κ2) is 6.48.